The van der Waals surface area contributed by atoms with Crippen molar-refractivity contribution in [3.05, 3.63) is 24.3 Å². The lowest BCUT2D eigenvalue weighted by molar-refractivity contribution is -0.121. The Morgan fingerprint density at radius 3 is 2.32 bits per heavy atom. The molecule has 4 rings (SSSR count). The van der Waals surface area contributed by atoms with Crippen LogP contribution in [0.1, 0.15) is 32.1 Å². The van der Waals surface area contributed by atoms with Gasteiger partial charge in [0.15, 0.2) is 0 Å². The maximum Gasteiger partial charge on any atom is 0.228 e. The fourth-order valence-electron chi connectivity index (χ4n) is 3.36. The summed E-state index contributed by atoms with van der Waals surface area (Å²) >= 11 is 0. The molecule has 1 aliphatic heterocycles. The molecule has 1 aromatic rings. The Kier molecular flexibility index (Phi) is 3.78. The third-order valence-electron chi connectivity index (χ3n) is 4.88. The molecule has 1 saturated heterocycles. The van der Waals surface area contributed by atoms with Crippen LogP contribution in [0.25, 0.3) is 0 Å². The van der Waals surface area contributed by atoms with Crippen LogP contribution in [-0.2, 0) is 9.53 Å². The molecule has 0 bridgehead atoms. The van der Waals surface area contributed by atoms with Gasteiger partial charge in [0.25, 0.3) is 0 Å². The summed E-state index contributed by atoms with van der Waals surface area (Å²) in [6.45, 7) is 1.45. The van der Waals surface area contributed by atoms with Crippen LogP contribution in [0.5, 0.6) is 5.75 Å². The number of carbonyl (C=O) groups is 1. The first kappa shape index (κ1) is 14.1. The van der Waals surface area contributed by atoms with Crippen molar-refractivity contribution in [2.24, 2.45) is 17.8 Å². The molecule has 3 fully saturated rings. The summed E-state index contributed by atoms with van der Waals surface area (Å²) in [5.74, 6) is 2.57. The number of hydrogen-bond acceptors (Lipinski definition) is 3. The highest BCUT2D eigenvalue weighted by Gasteiger charge is 2.45. The van der Waals surface area contributed by atoms with Gasteiger partial charge in [0.05, 0.1) is 13.2 Å². The van der Waals surface area contributed by atoms with Crippen molar-refractivity contribution < 1.29 is 14.3 Å². The SMILES string of the molecule is O=C(Nc1ccc(OC2CCOC2)cc1)C(C1CC1)C1CC1. The molecule has 2 saturated carbocycles. The van der Waals surface area contributed by atoms with Crippen molar-refractivity contribution in [1.82, 2.24) is 0 Å². The third kappa shape index (κ3) is 3.27. The number of carbonyl (C=O) groups excluding carboxylic acids is 1. The molecular formula is C18H23NO3. The van der Waals surface area contributed by atoms with E-state index in [0.29, 0.717) is 18.4 Å². The molecule has 1 unspecified atom stereocenters. The predicted molar refractivity (Wildman–Crippen MR) is 83.9 cm³/mol. The summed E-state index contributed by atoms with van der Waals surface area (Å²) in [6.07, 6.45) is 6.02. The molecule has 0 radical (unpaired) electrons. The lowest BCUT2D eigenvalue weighted by Crippen LogP contribution is -2.26. The van der Waals surface area contributed by atoms with Gasteiger partial charge in [-0.05, 0) is 61.8 Å². The van der Waals surface area contributed by atoms with Crippen LogP contribution >= 0.6 is 0 Å². The van der Waals surface area contributed by atoms with E-state index < -0.39 is 0 Å². The van der Waals surface area contributed by atoms with E-state index in [1.807, 2.05) is 24.3 Å². The summed E-state index contributed by atoms with van der Waals surface area (Å²) in [5, 5.41) is 3.09. The highest BCUT2D eigenvalue weighted by atomic mass is 16.5. The van der Waals surface area contributed by atoms with Crippen molar-refractivity contribution in [3.8, 4) is 5.75 Å². The summed E-state index contributed by atoms with van der Waals surface area (Å²) in [5.41, 5.74) is 0.867. The Balaban J connectivity index is 1.35. The van der Waals surface area contributed by atoms with Crippen molar-refractivity contribution in [2.75, 3.05) is 18.5 Å². The third-order valence-corrected chi connectivity index (χ3v) is 4.88. The molecule has 1 N–H and O–H groups in total. The van der Waals surface area contributed by atoms with Gasteiger partial charge in [0.1, 0.15) is 11.9 Å². The lowest BCUT2D eigenvalue weighted by Gasteiger charge is -2.16. The number of ether oxygens (including phenoxy) is 2. The molecule has 4 heteroatoms. The minimum Gasteiger partial charge on any atom is -0.488 e. The first-order valence-electron chi connectivity index (χ1n) is 8.45. The Hall–Kier alpha value is -1.55. The highest BCUT2D eigenvalue weighted by molar-refractivity contribution is 5.93. The summed E-state index contributed by atoms with van der Waals surface area (Å²) in [6, 6.07) is 7.72. The van der Waals surface area contributed by atoms with Crippen molar-refractivity contribution >= 4 is 11.6 Å². The molecule has 22 heavy (non-hydrogen) atoms. The zero-order valence-corrected chi connectivity index (χ0v) is 12.8. The van der Waals surface area contributed by atoms with E-state index >= 15 is 0 Å². The van der Waals surface area contributed by atoms with E-state index in [-0.39, 0.29) is 17.9 Å². The molecular weight excluding hydrogens is 278 g/mol. The van der Waals surface area contributed by atoms with E-state index in [9.17, 15) is 4.79 Å². The van der Waals surface area contributed by atoms with Crippen LogP contribution in [0.2, 0.25) is 0 Å². The number of anilines is 1. The number of rotatable bonds is 6. The van der Waals surface area contributed by atoms with Crippen molar-refractivity contribution in [1.29, 1.82) is 0 Å². The largest absolute Gasteiger partial charge is 0.488 e. The number of benzene rings is 1. The smallest absolute Gasteiger partial charge is 0.228 e. The molecule has 1 aromatic carbocycles. The van der Waals surface area contributed by atoms with Crippen LogP contribution in [-0.4, -0.2) is 25.2 Å². The van der Waals surface area contributed by atoms with Gasteiger partial charge in [0, 0.05) is 18.0 Å². The fourth-order valence-corrected chi connectivity index (χ4v) is 3.36. The van der Waals surface area contributed by atoms with Gasteiger partial charge in [-0.15, -0.1) is 0 Å². The van der Waals surface area contributed by atoms with E-state index in [1.54, 1.807) is 0 Å². The number of amides is 1. The molecule has 1 atom stereocenters. The van der Waals surface area contributed by atoms with Gasteiger partial charge in [-0.1, -0.05) is 0 Å². The van der Waals surface area contributed by atoms with Crippen LogP contribution < -0.4 is 10.1 Å². The highest BCUT2D eigenvalue weighted by Crippen LogP contribution is 2.49. The second-order valence-corrected chi connectivity index (χ2v) is 6.82. The zero-order valence-electron chi connectivity index (χ0n) is 12.8. The zero-order chi connectivity index (χ0) is 14.9. The van der Waals surface area contributed by atoms with E-state index in [2.05, 4.69) is 5.32 Å². The van der Waals surface area contributed by atoms with Gasteiger partial charge < -0.3 is 14.8 Å². The van der Waals surface area contributed by atoms with Gasteiger partial charge in [0.2, 0.25) is 5.91 Å². The molecule has 118 valence electrons. The van der Waals surface area contributed by atoms with Gasteiger partial charge >= 0.3 is 0 Å². The van der Waals surface area contributed by atoms with Gasteiger partial charge in [-0.3, -0.25) is 4.79 Å². The van der Waals surface area contributed by atoms with Crippen LogP contribution in [0.15, 0.2) is 24.3 Å². The maximum absolute atomic E-state index is 12.5. The Morgan fingerprint density at radius 1 is 1.09 bits per heavy atom. The Morgan fingerprint density at radius 2 is 1.77 bits per heavy atom. The predicted octanol–water partition coefficient (Wildman–Crippen LogP) is 3.23. The van der Waals surface area contributed by atoms with Crippen LogP contribution in [0.4, 0.5) is 5.69 Å². The van der Waals surface area contributed by atoms with Crippen LogP contribution in [0, 0.1) is 17.8 Å². The molecule has 3 aliphatic rings. The summed E-state index contributed by atoms with van der Waals surface area (Å²) in [4.78, 5) is 12.5. The lowest BCUT2D eigenvalue weighted by atomic mass is 9.97. The molecule has 1 amide bonds. The van der Waals surface area contributed by atoms with Crippen LogP contribution in [0.3, 0.4) is 0 Å². The van der Waals surface area contributed by atoms with Crippen molar-refractivity contribution in [3.63, 3.8) is 0 Å². The fraction of sp³-hybridized carbons (Fsp3) is 0.611. The molecule has 0 spiro atoms. The Bertz CT molecular complexity index is 516. The first-order valence-corrected chi connectivity index (χ1v) is 8.45. The molecule has 0 aromatic heterocycles. The quantitative estimate of drug-likeness (QED) is 0.877. The average molecular weight is 301 g/mol. The summed E-state index contributed by atoms with van der Waals surface area (Å²) < 4.78 is 11.1. The Labute approximate surface area is 131 Å². The standard InChI is InChI=1S/C18H23NO3/c20-18(17(12-1-2-12)13-3-4-13)19-14-5-7-15(8-6-14)22-16-9-10-21-11-16/h5-8,12-13,16-17H,1-4,9-11H2,(H,19,20). The van der Waals surface area contributed by atoms with E-state index in [0.717, 1.165) is 24.5 Å². The maximum atomic E-state index is 12.5. The number of hydrogen-bond donors (Lipinski definition) is 1. The van der Waals surface area contributed by atoms with Gasteiger partial charge in [-0.25, -0.2) is 0 Å². The van der Waals surface area contributed by atoms with Crippen molar-refractivity contribution in [2.45, 2.75) is 38.2 Å². The number of nitrogens with one attached hydrogen (secondary N) is 1. The second-order valence-electron chi connectivity index (χ2n) is 6.82. The second kappa shape index (κ2) is 5.92. The topological polar surface area (TPSA) is 47.6 Å². The molecule has 1 heterocycles. The molecule has 2 aliphatic carbocycles. The normalized spacial score (nSPS) is 24.5. The first-order chi connectivity index (χ1) is 10.8. The van der Waals surface area contributed by atoms with E-state index in [1.165, 1.54) is 25.7 Å². The minimum absolute atomic E-state index is 0.162. The molecule has 4 nitrogen and oxygen atoms in total. The average Bonchev–Trinajstić information content (AvgIpc) is 3.45. The van der Waals surface area contributed by atoms with E-state index in [4.69, 9.17) is 9.47 Å². The summed E-state index contributed by atoms with van der Waals surface area (Å²) in [7, 11) is 0. The van der Waals surface area contributed by atoms with Gasteiger partial charge in [-0.2, -0.15) is 0 Å². The monoisotopic (exact) mass is 301 g/mol. The minimum atomic E-state index is 0.162.